The van der Waals surface area contributed by atoms with E-state index in [1.54, 1.807) is 41.3 Å². The second-order valence-corrected chi connectivity index (χ2v) is 8.29. The van der Waals surface area contributed by atoms with E-state index in [2.05, 4.69) is 0 Å². The number of benzene rings is 2. The first-order chi connectivity index (χ1) is 12.7. The van der Waals surface area contributed by atoms with E-state index < -0.39 is 6.10 Å². The average molecular weight is 371 g/mol. The van der Waals surface area contributed by atoms with Crippen LogP contribution in [0.5, 0.6) is 5.75 Å². The Balaban J connectivity index is 1.85. The number of hydrogen-bond acceptors (Lipinski definition) is 3. The average Bonchev–Trinajstić information content (AvgIpc) is 2.61. The molecule has 1 aliphatic heterocycles. The monoisotopic (exact) mass is 371 g/mol. The fourth-order valence-electron chi connectivity index (χ4n) is 3.54. The Bertz CT molecular complexity index is 796. The van der Waals surface area contributed by atoms with Gasteiger partial charge in [0.05, 0.1) is 18.1 Å². The van der Waals surface area contributed by atoms with Crippen molar-refractivity contribution in [3.63, 3.8) is 0 Å². The predicted octanol–water partition coefficient (Wildman–Crippen LogP) is 4.42. The molecule has 1 amide bonds. The number of anilines is 1. The normalized spacial score (nSPS) is 21.1. The number of aromatic hydroxyl groups is 1. The number of amides is 1. The van der Waals surface area contributed by atoms with Crippen LogP contribution in [0.15, 0.2) is 48.5 Å². The van der Waals surface area contributed by atoms with E-state index in [-0.39, 0.29) is 34.8 Å². The number of phenols is 1. The van der Waals surface area contributed by atoms with Crippen LogP contribution in [0.3, 0.4) is 0 Å². The minimum Gasteiger partial charge on any atom is -0.508 e. The van der Waals surface area contributed by atoms with Crippen LogP contribution in [0, 0.1) is 17.2 Å². The molecule has 5 heteroatoms. The quantitative estimate of drug-likeness (QED) is 0.765. The molecule has 0 unspecified atom stereocenters. The summed E-state index contributed by atoms with van der Waals surface area (Å²) in [7, 11) is 0. The number of hydrogen-bond donors (Lipinski definition) is 2. The number of phenolic OH excluding ortho intramolecular Hbond substituents is 1. The zero-order chi connectivity index (χ0) is 19.8. The molecule has 1 heterocycles. The van der Waals surface area contributed by atoms with Gasteiger partial charge in [-0.2, -0.15) is 0 Å². The Kier molecular flexibility index (Phi) is 5.24. The highest BCUT2D eigenvalue weighted by molar-refractivity contribution is 6.03. The summed E-state index contributed by atoms with van der Waals surface area (Å²) in [5.74, 6) is -0.465. The number of carbonyl (C=O) groups excluding carboxylic acids is 1. The van der Waals surface area contributed by atoms with Crippen LogP contribution < -0.4 is 4.90 Å². The molecule has 0 radical (unpaired) electrons. The van der Waals surface area contributed by atoms with E-state index in [1.165, 1.54) is 12.1 Å². The highest BCUT2D eigenvalue weighted by Crippen LogP contribution is 2.46. The molecule has 1 saturated heterocycles. The fourth-order valence-corrected chi connectivity index (χ4v) is 3.54. The van der Waals surface area contributed by atoms with Gasteiger partial charge in [0.25, 0.3) is 0 Å². The van der Waals surface area contributed by atoms with Gasteiger partial charge in [0.2, 0.25) is 5.91 Å². The summed E-state index contributed by atoms with van der Waals surface area (Å²) in [4.78, 5) is 14.5. The Morgan fingerprint density at radius 3 is 2.22 bits per heavy atom. The van der Waals surface area contributed by atoms with Gasteiger partial charge in [-0.25, -0.2) is 4.39 Å². The topological polar surface area (TPSA) is 60.8 Å². The minimum atomic E-state index is -0.495. The number of carbonyl (C=O) groups is 1. The van der Waals surface area contributed by atoms with Crippen LogP contribution in [-0.2, 0) is 4.79 Å². The molecule has 0 aromatic heterocycles. The van der Waals surface area contributed by atoms with Crippen molar-refractivity contribution in [2.75, 3.05) is 4.90 Å². The Morgan fingerprint density at radius 2 is 1.67 bits per heavy atom. The third-order valence-electron chi connectivity index (χ3n) is 5.30. The molecule has 3 atom stereocenters. The number of halogens is 1. The smallest absolute Gasteiger partial charge is 0.233 e. The van der Waals surface area contributed by atoms with E-state index in [4.69, 9.17) is 0 Å². The Labute approximate surface area is 159 Å². The number of aliphatic hydroxyl groups is 1. The molecule has 3 rings (SSSR count). The zero-order valence-electron chi connectivity index (χ0n) is 15.9. The first-order valence-electron chi connectivity index (χ1n) is 9.24. The van der Waals surface area contributed by atoms with Gasteiger partial charge < -0.3 is 15.1 Å². The van der Waals surface area contributed by atoms with Gasteiger partial charge in [0.1, 0.15) is 11.6 Å². The largest absolute Gasteiger partial charge is 0.508 e. The summed E-state index contributed by atoms with van der Waals surface area (Å²) in [6.07, 6.45) is 0.609. The van der Waals surface area contributed by atoms with Gasteiger partial charge in [-0.15, -0.1) is 0 Å². The molecule has 144 valence electrons. The van der Waals surface area contributed by atoms with E-state index in [0.29, 0.717) is 18.5 Å². The maximum Gasteiger partial charge on any atom is 0.233 e. The van der Waals surface area contributed by atoms with Crippen molar-refractivity contribution in [2.24, 2.45) is 11.3 Å². The SMILES string of the molecule is CC(C)(C)[C@@H](O)CC[C@H]1C(=O)N(c2ccc(F)cc2)[C@@H]1c1ccc(O)cc1. The summed E-state index contributed by atoms with van der Waals surface area (Å²) in [6, 6.07) is 12.5. The first kappa shape index (κ1) is 19.4. The van der Waals surface area contributed by atoms with Gasteiger partial charge in [-0.3, -0.25) is 4.79 Å². The third kappa shape index (κ3) is 3.98. The van der Waals surface area contributed by atoms with Crippen molar-refractivity contribution in [3.8, 4) is 5.75 Å². The van der Waals surface area contributed by atoms with Gasteiger partial charge in [-0.05, 0) is 60.2 Å². The molecule has 1 aliphatic rings. The molecule has 2 aromatic rings. The summed E-state index contributed by atoms with van der Waals surface area (Å²) in [6.45, 7) is 5.92. The van der Waals surface area contributed by atoms with Crippen molar-refractivity contribution in [1.29, 1.82) is 0 Å². The Morgan fingerprint density at radius 1 is 1.07 bits per heavy atom. The van der Waals surface area contributed by atoms with Gasteiger partial charge in [0.15, 0.2) is 0 Å². The van der Waals surface area contributed by atoms with E-state index in [1.807, 2.05) is 20.8 Å². The summed E-state index contributed by atoms with van der Waals surface area (Å²) in [5, 5.41) is 19.9. The Hall–Kier alpha value is -2.40. The number of rotatable bonds is 5. The second kappa shape index (κ2) is 7.31. The van der Waals surface area contributed by atoms with E-state index in [0.717, 1.165) is 5.56 Å². The highest BCUT2D eigenvalue weighted by atomic mass is 19.1. The highest BCUT2D eigenvalue weighted by Gasteiger charge is 2.48. The lowest BCUT2D eigenvalue weighted by molar-refractivity contribution is -0.131. The maximum atomic E-state index is 13.3. The van der Waals surface area contributed by atoms with Crippen LogP contribution in [0.1, 0.15) is 45.2 Å². The molecule has 27 heavy (non-hydrogen) atoms. The molecule has 0 aliphatic carbocycles. The summed E-state index contributed by atoms with van der Waals surface area (Å²) in [5.41, 5.74) is 1.32. The fraction of sp³-hybridized carbons (Fsp3) is 0.409. The third-order valence-corrected chi connectivity index (χ3v) is 5.30. The standard InChI is InChI=1S/C22H26FNO3/c1-22(2,3)19(26)13-12-18-20(14-4-10-17(25)11-5-14)24(21(18)27)16-8-6-15(23)7-9-16/h4-11,18-20,25-26H,12-13H2,1-3H3/t18-,19+,20-/m1/s1. The molecule has 2 N–H and O–H groups in total. The molecule has 4 nitrogen and oxygen atoms in total. The van der Waals surface area contributed by atoms with Crippen molar-refractivity contribution in [3.05, 3.63) is 59.9 Å². The lowest BCUT2D eigenvalue weighted by Gasteiger charge is -2.48. The van der Waals surface area contributed by atoms with Crippen LogP contribution in [0.25, 0.3) is 0 Å². The predicted molar refractivity (Wildman–Crippen MR) is 103 cm³/mol. The molecule has 0 bridgehead atoms. The lowest BCUT2D eigenvalue weighted by Crippen LogP contribution is -2.55. The van der Waals surface area contributed by atoms with E-state index in [9.17, 15) is 19.4 Å². The number of nitrogens with zero attached hydrogens (tertiary/aromatic N) is 1. The van der Waals surface area contributed by atoms with Gasteiger partial charge in [0, 0.05) is 5.69 Å². The van der Waals surface area contributed by atoms with Gasteiger partial charge in [-0.1, -0.05) is 32.9 Å². The molecular formula is C22H26FNO3. The number of aliphatic hydroxyl groups excluding tert-OH is 1. The zero-order valence-corrected chi connectivity index (χ0v) is 15.9. The summed E-state index contributed by atoms with van der Waals surface area (Å²) >= 11 is 0. The van der Waals surface area contributed by atoms with E-state index >= 15 is 0 Å². The van der Waals surface area contributed by atoms with Crippen LogP contribution in [0.4, 0.5) is 10.1 Å². The van der Waals surface area contributed by atoms with Crippen molar-refractivity contribution >= 4 is 11.6 Å². The van der Waals surface area contributed by atoms with Gasteiger partial charge >= 0.3 is 0 Å². The molecule has 1 fully saturated rings. The second-order valence-electron chi connectivity index (χ2n) is 8.29. The van der Waals surface area contributed by atoms with Crippen molar-refractivity contribution < 1.29 is 19.4 Å². The first-order valence-corrected chi connectivity index (χ1v) is 9.24. The summed E-state index contributed by atoms with van der Waals surface area (Å²) < 4.78 is 13.3. The number of β-lactam (4-membered cyclic amide) rings is 1. The van der Waals surface area contributed by atoms with Crippen molar-refractivity contribution in [1.82, 2.24) is 0 Å². The van der Waals surface area contributed by atoms with Crippen LogP contribution >= 0.6 is 0 Å². The van der Waals surface area contributed by atoms with Crippen LogP contribution in [0.2, 0.25) is 0 Å². The van der Waals surface area contributed by atoms with Crippen LogP contribution in [-0.4, -0.2) is 22.2 Å². The minimum absolute atomic E-state index is 0.0270. The maximum absolute atomic E-state index is 13.3. The molecule has 0 saturated carbocycles. The van der Waals surface area contributed by atoms with Crippen molar-refractivity contribution in [2.45, 2.75) is 45.8 Å². The molecule has 0 spiro atoms. The molecular weight excluding hydrogens is 345 g/mol. The molecule has 2 aromatic carbocycles. The lowest BCUT2D eigenvalue weighted by atomic mass is 9.76.